The highest BCUT2D eigenvalue weighted by Crippen LogP contribution is 2.18. The minimum Gasteiger partial charge on any atom is -0.492 e. The third-order valence-corrected chi connectivity index (χ3v) is 4.18. The van der Waals surface area contributed by atoms with Gasteiger partial charge in [-0.2, -0.15) is 0 Å². The predicted molar refractivity (Wildman–Crippen MR) is 109 cm³/mol. The molecule has 148 valence electrons. The molecule has 2 N–H and O–H groups in total. The number of hydrogen-bond acceptors (Lipinski definition) is 4. The van der Waals surface area contributed by atoms with E-state index >= 15 is 0 Å². The molecular weight excluding hydrogens is 340 g/mol. The lowest BCUT2D eigenvalue weighted by molar-refractivity contribution is 0.322. The number of aliphatic imine (C=N–C) groups is 1. The molecule has 7 heteroatoms. The molecule has 0 unspecified atom stereocenters. The van der Waals surface area contributed by atoms with Crippen LogP contribution in [-0.2, 0) is 13.0 Å². The highest BCUT2D eigenvalue weighted by atomic mass is 16.5. The zero-order valence-corrected chi connectivity index (χ0v) is 16.9. The Labute approximate surface area is 162 Å². The van der Waals surface area contributed by atoms with E-state index in [1.807, 2.05) is 16.7 Å². The monoisotopic (exact) mass is 372 g/mol. The summed E-state index contributed by atoms with van der Waals surface area (Å²) in [6.07, 6.45) is 2.63. The molecule has 2 rings (SSSR count). The van der Waals surface area contributed by atoms with Gasteiger partial charge >= 0.3 is 0 Å². The lowest BCUT2D eigenvalue weighted by Crippen LogP contribution is -2.39. The van der Waals surface area contributed by atoms with Crippen molar-refractivity contribution in [2.75, 3.05) is 26.2 Å². The van der Waals surface area contributed by atoms with Gasteiger partial charge < -0.3 is 19.9 Å². The number of aromatic nitrogens is 3. The molecule has 0 saturated heterocycles. The lowest BCUT2D eigenvalue weighted by atomic mass is 10.0. The molecule has 27 heavy (non-hydrogen) atoms. The molecule has 0 aliphatic carbocycles. The average Bonchev–Trinajstić information content (AvgIpc) is 3.13. The van der Waals surface area contributed by atoms with Crippen molar-refractivity contribution in [3.05, 3.63) is 42.0 Å². The third-order valence-electron chi connectivity index (χ3n) is 4.18. The molecule has 0 radical (unpaired) electrons. The van der Waals surface area contributed by atoms with Crippen molar-refractivity contribution in [1.29, 1.82) is 0 Å². The van der Waals surface area contributed by atoms with Crippen LogP contribution in [0.2, 0.25) is 0 Å². The quantitative estimate of drug-likeness (QED) is 0.381. The van der Waals surface area contributed by atoms with Gasteiger partial charge in [-0.25, -0.2) is 0 Å². The van der Waals surface area contributed by atoms with Crippen molar-refractivity contribution in [3.63, 3.8) is 0 Å². The summed E-state index contributed by atoms with van der Waals surface area (Å²) in [4.78, 5) is 4.60. The van der Waals surface area contributed by atoms with Crippen molar-refractivity contribution in [2.24, 2.45) is 4.99 Å². The van der Waals surface area contributed by atoms with E-state index in [4.69, 9.17) is 4.74 Å². The summed E-state index contributed by atoms with van der Waals surface area (Å²) >= 11 is 0. The van der Waals surface area contributed by atoms with Gasteiger partial charge in [0.05, 0.1) is 13.1 Å². The smallest absolute Gasteiger partial charge is 0.191 e. The molecule has 1 heterocycles. The topological polar surface area (TPSA) is 76.4 Å². The zero-order chi connectivity index (χ0) is 19.5. The molecule has 1 aromatic carbocycles. The standard InChI is InChI=1S/C20H32N6O/c1-5-19-25-24-15-26(19)13-11-22-20(21-6-2)23-12-14-27-18-9-7-17(8-10-18)16(3)4/h7-10,15-16H,5-6,11-14H2,1-4H3,(H2,21,22,23). The molecule has 0 saturated carbocycles. The fourth-order valence-electron chi connectivity index (χ4n) is 2.64. The van der Waals surface area contributed by atoms with Gasteiger partial charge in [-0.1, -0.05) is 32.9 Å². The molecule has 0 fully saturated rings. The summed E-state index contributed by atoms with van der Waals surface area (Å²) in [5.41, 5.74) is 1.32. The molecule has 2 aromatic rings. The van der Waals surface area contributed by atoms with Crippen LogP contribution in [0, 0.1) is 0 Å². The van der Waals surface area contributed by atoms with E-state index in [2.05, 4.69) is 65.7 Å². The molecule has 0 aliphatic heterocycles. The second-order valence-electron chi connectivity index (χ2n) is 6.55. The Hall–Kier alpha value is -2.57. The predicted octanol–water partition coefficient (Wildman–Crippen LogP) is 2.60. The van der Waals surface area contributed by atoms with Crippen LogP contribution in [0.25, 0.3) is 0 Å². The Morgan fingerprint density at radius 2 is 1.96 bits per heavy atom. The van der Waals surface area contributed by atoms with Crippen LogP contribution in [0.15, 0.2) is 35.6 Å². The summed E-state index contributed by atoms with van der Waals surface area (Å²) in [7, 11) is 0. The van der Waals surface area contributed by atoms with E-state index < -0.39 is 0 Å². The van der Waals surface area contributed by atoms with Crippen LogP contribution in [-0.4, -0.2) is 47.0 Å². The van der Waals surface area contributed by atoms with E-state index in [0.717, 1.165) is 37.0 Å². The summed E-state index contributed by atoms with van der Waals surface area (Å²) in [5, 5.41) is 14.6. The minimum absolute atomic E-state index is 0.533. The Kier molecular flexibility index (Phi) is 8.61. The van der Waals surface area contributed by atoms with Gasteiger partial charge in [0.25, 0.3) is 0 Å². The van der Waals surface area contributed by atoms with Gasteiger partial charge in [0, 0.05) is 19.5 Å². The van der Waals surface area contributed by atoms with E-state index in [0.29, 0.717) is 25.6 Å². The minimum atomic E-state index is 0.533. The number of benzene rings is 1. The number of aryl methyl sites for hydroxylation is 1. The summed E-state index contributed by atoms with van der Waals surface area (Å²) in [6, 6.07) is 8.29. The van der Waals surface area contributed by atoms with Gasteiger partial charge in [0.15, 0.2) is 5.96 Å². The largest absolute Gasteiger partial charge is 0.492 e. The van der Waals surface area contributed by atoms with E-state index in [9.17, 15) is 0 Å². The highest BCUT2D eigenvalue weighted by Gasteiger charge is 2.02. The Bertz CT molecular complexity index is 693. The van der Waals surface area contributed by atoms with Crippen LogP contribution < -0.4 is 15.4 Å². The number of ether oxygens (including phenoxy) is 1. The van der Waals surface area contributed by atoms with Crippen molar-refractivity contribution in [1.82, 2.24) is 25.4 Å². The van der Waals surface area contributed by atoms with Crippen LogP contribution >= 0.6 is 0 Å². The maximum absolute atomic E-state index is 5.80. The number of hydrogen-bond donors (Lipinski definition) is 2. The van der Waals surface area contributed by atoms with Gasteiger partial charge in [-0.05, 0) is 30.5 Å². The van der Waals surface area contributed by atoms with E-state index in [1.165, 1.54) is 5.56 Å². The first-order chi connectivity index (χ1) is 13.1. The van der Waals surface area contributed by atoms with Crippen LogP contribution in [0.5, 0.6) is 5.75 Å². The van der Waals surface area contributed by atoms with E-state index in [1.54, 1.807) is 6.33 Å². The lowest BCUT2D eigenvalue weighted by Gasteiger charge is -2.13. The van der Waals surface area contributed by atoms with Crippen molar-refractivity contribution >= 4 is 5.96 Å². The van der Waals surface area contributed by atoms with Gasteiger partial charge in [-0.3, -0.25) is 4.99 Å². The van der Waals surface area contributed by atoms with Gasteiger partial charge in [-0.15, -0.1) is 10.2 Å². The Balaban J connectivity index is 1.74. The summed E-state index contributed by atoms with van der Waals surface area (Å²) < 4.78 is 7.84. The first-order valence-corrected chi connectivity index (χ1v) is 9.75. The first kappa shape index (κ1) is 20.7. The highest BCUT2D eigenvalue weighted by molar-refractivity contribution is 5.79. The van der Waals surface area contributed by atoms with Crippen LogP contribution in [0.4, 0.5) is 0 Å². The fraction of sp³-hybridized carbons (Fsp3) is 0.550. The molecule has 7 nitrogen and oxygen atoms in total. The van der Waals surface area contributed by atoms with Crippen LogP contribution in [0.3, 0.4) is 0 Å². The second kappa shape index (κ2) is 11.2. The molecule has 0 amide bonds. The molecule has 0 spiro atoms. The SMILES string of the molecule is CCNC(=NCCn1cnnc1CC)NCCOc1ccc(C(C)C)cc1. The normalized spacial score (nSPS) is 11.7. The van der Waals surface area contributed by atoms with Gasteiger partial charge in [0.1, 0.15) is 24.5 Å². The Morgan fingerprint density at radius 3 is 2.63 bits per heavy atom. The maximum Gasteiger partial charge on any atom is 0.191 e. The third kappa shape index (κ3) is 6.92. The summed E-state index contributed by atoms with van der Waals surface area (Å²) in [5.74, 6) is 3.20. The number of nitrogens with zero attached hydrogens (tertiary/aromatic N) is 4. The zero-order valence-electron chi connectivity index (χ0n) is 16.9. The molecular formula is C20H32N6O. The molecule has 0 aliphatic rings. The van der Waals surface area contributed by atoms with Gasteiger partial charge in [0.2, 0.25) is 0 Å². The number of nitrogens with one attached hydrogen (secondary N) is 2. The van der Waals surface area contributed by atoms with Crippen LogP contribution in [0.1, 0.15) is 45.0 Å². The van der Waals surface area contributed by atoms with Crippen molar-refractivity contribution in [2.45, 2.75) is 46.6 Å². The molecule has 0 bridgehead atoms. The van der Waals surface area contributed by atoms with Crippen molar-refractivity contribution < 1.29 is 4.74 Å². The average molecular weight is 373 g/mol. The number of guanidine groups is 1. The maximum atomic E-state index is 5.80. The fourth-order valence-corrected chi connectivity index (χ4v) is 2.64. The van der Waals surface area contributed by atoms with Crippen molar-refractivity contribution in [3.8, 4) is 5.75 Å². The molecule has 0 atom stereocenters. The molecule has 1 aromatic heterocycles. The first-order valence-electron chi connectivity index (χ1n) is 9.75. The Morgan fingerprint density at radius 1 is 1.19 bits per heavy atom. The summed E-state index contributed by atoms with van der Waals surface area (Å²) in [6.45, 7) is 12.0. The second-order valence-corrected chi connectivity index (χ2v) is 6.55. The van der Waals surface area contributed by atoms with E-state index in [-0.39, 0.29) is 0 Å². The number of rotatable bonds is 10.